The van der Waals surface area contributed by atoms with Crippen LogP contribution < -0.4 is 10.1 Å². The van der Waals surface area contributed by atoms with Gasteiger partial charge in [0.15, 0.2) is 11.6 Å². The Morgan fingerprint density at radius 3 is 2.29 bits per heavy atom. The summed E-state index contributed by atoms with van der Waals surface area (Å²) in [6.45, 7) is 0.573. The molecule has 4 nitrogen and oxygen atoms in total. The summed E-state index contributed by atoms with van der Waals surface area (Å²) in [5.41, 5.74) is 3.75. The molecule has 2 aromatic heterocycles. The van der Waals surface area contributed by atoms with Crippen LogP contribution in [0.2, 0.25) is 0 Å². The molecule has 0 radical (unpaired) electrons. The Balaban J connectivity index is 1.42. The molecule has 138 valence electrons. The smallest absolute Gasteiger partial charge is 0.167 e. The van der Waals surface area contributed by atoms with Gasteiger partial charge in [0.25, 0.3) is 0 Å². The average molecular weight is 371 g/mol. The number of halogens is 1. The van der Waals surface area contributed by atoms with Crippen molar-refractivity contribution in [2.45, 2.75) is 6.54 Å². The van der Waals surface area contributed by atoms with Crippen molar-refractivity contribution in [2.24, 2.45) is 0 Å². The van der Waals surface area contributed by atoms with E-state index in [1.807, 2.05) is 48.5 Å². The first-order chi connectivity index (χ1) is 13.8. The molecule has 0 aliphatic carbocycles. The fraction of sp³-hybridized carbons (Fsp3) is 0.0435. The molecule has 2 aromatic carbocycles. The SMILES string of the molecule is Fc1cc(NCc2cccnc2)ccc1Oc1ccc(-c2cccnc2)cc1. The lowest BCUT2D eigenvalue weighted by Crippen LogP contribution is -2.00. The van der Waals surface area contributed by atoms with Crippen molar-refractivity contribution >= 4 is 5.69 Å². The zero-order valence-electron chi connectivity index (χ0n) is 15.0. The Bertz CT molecular complexity index is 1040. The summed E-state index contributed by atoms with van der Waals surface area (Å²) in [6.07, 6.45) is 7.03. The number of rotatable bonds is 6. The number of anilines is 1. The second-order valence-corrected chi connectivity index (χ2v) is 6.23. The molecule has 4 aromatic rings. The monoisotopic (exact) mass is 371 g/mol. The molecule has 0 unspecified atom stereocenters. The maximum atomic E-state index is 14.4. The molecular formula is C23H18FN3O. The third-order valence-electron chi connectivity index (χ3n) is 4.23. The highest BCUT2D eigenvalue weighted by atomic mass is 19.1. The largest absolute Gasteiger partial charge is 0.454 e. The normalized spacial score (nSPS) is 10.5. The minimum absolute atomic E-state index is 0.182. The second-order valence-electron chi connectivity index (χ2n) is 6.23. The van der Waals surface area contributed by atoms with E-state index >= 15 is 0 Å². The van der Waals surface area contributed by atoms with Crippen molar-refractivity contribution in [2.75, 3.05) is 5.32 Å². The highest BCUT2D eigenvalue weighted by Crippen LogP contribution is 2.28. The van der Waals surface area contributed by atoms with Gasteiger partial charge in [0.2, 0.25) is 0 Å². The molecule has 28 heavy (non-hydrogen) atoms. The van der Waals surface area contributed by atoms with Gasteiger partial charge in [-0.1, -0.05) is 24.3 Å². The minimum atomic E-state index is -0.424. The highest BCUT2D eigenvalue weighted by molar-refractivity contribution is 5.63. The van der Waals surface area contributed by atoms with Gasteiger partial charge in [-0.05, 0) is 53.1 Å². The molecule has 0 atom stereocenters. The van der Waals surface area contributed by atoms with Crippen LogP contribution >= 0.6 is 0 Å². The third kappa shape index (κ3) is 4.32. The number of aromatic nitrogens is 2. The lowest BCUT2D eigenvalue weighted by atomic mass is 10.1. The predicted octanol–water partition coefficient (Wildman–Crippen LogP) is 5.69. The lowest BCUT2D eigenvalue weighted by molar-refractivity contribution is 0.442. The standard InChI is InChI=1S/C23H18FN3O/c24-22-13-20(27-15-17-3-1-11-25-14-17)7-10-23(22)28-21-8-5-18(6-9-21)19-4-2-12-26-16-19/h1-14,16,27H,15H2. The molecular weight excluding hydrogens is 353 g/mol. The van der Waals surface area contributed by atoms with Crippen LogP contribution in [0.5, 0.6) is 11.5 Å². The summed E-state index contributed by atoms with van der Waals surface area (Å²) in [7, 11) is 0. The molecule has 0 saturated heterocycles. The van der Waals surface area contributed by atoms with E-state index in [-0.39, 0.29) is 5.75 Å². The maximum absolute atomic E-state index is 14.4. The maximum Gasteiger partial charge on any atom is 0.167 e. The van der Waals surface area contributed by atoms with E-state index in [1.54, 1.807) is 36.9 Å². The number of benzene rings is 2. The summed E-state index contributed by atoms with van der Waals surface area (Å²) in [5, 5.41) is 3.18. The number of hydrogen-bond acceptors (Lipinski definition) is 4. The number of nitrogens with one attached hydrogen (secondary N) is 1. The number of hydrogen-bond donors (Lipinski definition) is 1. The first-order valence-corrected chi connectivity index (χ1v) is 8.88. The van der Waals surface area contributed by atoms with E-state index in [9.17, 15) is 4.39 Å². The van der Waals surface area contributed by atoms with E-state index in [0.29, 0.717) is 18.0 Å². The van der Waals surface area contributed by atoms with Crippen molar-refractivity contribution in [3.8, 4) is 22.6 Å². The van der Waals surface area contributed by atoms with Crippen molar-refractivity contribution in [1.82, 2.24) is 9.97 Å². The molecule has 0 aliphatic heterocycles. The molecule has 2 heterocycles. The lowest BCUT2D eigenvalue weighted by Gasteiger charge is -2.10. The number of nitrogens with zero attached hydrogens (tertiary/aromatic N) is 2. The Kier molecular flexibility index (Phi) is 5.24. The van der Waals surface area contributed by atoms with Crippen molar-refractivity contribution < 1.29 is 9.13 Å². The number of pyridine rings is 2. The average Bonchev–Trinajstić information content (AvgIpc) is 2.76. The Hall–Kier alpha value is -3.73. The van der Waals surface area contributed by atoms with Crippen molar-refractivity contribution in [3.05, 3.63) is 103 Å². The second kappa shape index (κ2) is 8.31. The van der Waals surface area contributed by atoms with E-state index in [0.717, 1.165) is 16.7 Å². The molecule has 0 saturated carbocycles. The first kappa shape index (κ1) is 17.7. The van der Waals surface area contributed by atoms with Crippen molar-refractivity contribution in [3.63, 3.8) is 0 Å². The van der Waals surface area contributed by atoms with Crippen LogP contribution in [0.1, 0.15) is 5.56 Å². The number of ether oxygens (including phenoxy) is 1. The Morgan fingerprint density at radius 1 is 0.821 bits per heavy atom. The van der Waals surface area contributed by atoms with Crippen LogP contribution in [0, 0.1) is 5.82 Å². The van der Waals surface area contributed by atoms with E-state index in [1.165, 1.54) is 6.07 Å². The molecule has 0 fully saturated rings. The Morgan fingerprint density at radius 2 is 1.61 bits per heavy atom. The van der Waals surface area contributed by atoms with Gasteiger partial charge in [0.05, 0.1) is 0 Å². The van der Waals surface area contributed by atoms with Gasteiger partial charge in [-0.15, -0.1) is 0 Å². The molecule has 5 heteroatoms. The summed E-state index contributed by atoms with van der Waals surface area (Å²) < 4.78 is 20.1. The zero-order valence-corrected chi connectivity index (χ0v) is 15.0. The van der Waals surface area contributed by atoms with Gasteiger partial charge in [0, 0.05) is 43.1 Å². The van der Waals surface area contributed by atoms with Gasteiger partial charge in [-0.2, -0.15) is 0 Å². The quantitative estimate of drug-likeness (QED) is 0.473. The van der Waals surface area contributed by atoms with E-state index in [2.05, 4.69) is 15.3 Å². The fourth-order valence-corrected chi connectivity index (χ4v) is 2.78. The topological polar surface area (TPSA) is 47.0 Å². The van der Waals surface area contributed by atoms with Gasteiger partial charge in [0.1, 0.15) is 5.75 Å². The van der Waals surface area contributed by atoms with Gasteiger partial charge < -0.3 is 10.1 Å². The van der Waals surface area contributed by atoms with Crippen LogP contribution in [-0.2, 0) is 6.54 Å². The summed E-state index contributed by atoms with van der Waals surface area (Å²) in [5.74, 6) is 0.330. The molecule has 0 aliphatic rings. The molecule has 1 N–H and O–H groups in total. The van der Waals surface area contributed by atoms with Gasteiger partial charge in [-0.3, -0.25) is 9.97 Å². The van der Waals surface area contributed by atoms with Gasteiger partial charge in [-0.25, -0.2) is 4.39 Å². The van der Waals surface area contributed by atoms with Crippen LogP contribution in [-0.4, -0.2) is 9.97 Å². The predicted molar refractivity (Wildman–Crippen MR) is 108 cm³/mol. The van der Waals surface area contributed by atoms with Gasteiger partial charge >= 0.3 is 0 Å². The van der Waals surface area contributed by atoms with Crippen molar-refractivity contribution in [1.29, 1.82) is 0 Å². The van der Waals surface area contributed by atoms with Crippen LogP contribution in [0.4, 0.5) is 10.1 Å². The molecule has 0 amide bonds. The van der Waals surface area contributed by atoms with Crippen LogP contribution in [0.15, 0.2) is 91.5 Å². The minimum Gasteiger partial charge on any atom is -0.454 e. The fourth-order valence-electron chi connectivity index (χ4n) is 2.78. The first-order valence-electron chi connectivity index (χ1n) is 8.88. The zero-order chi connectivity index (χ0) is 19.2. The molecule has 0 bridgehead atoms. The highest BCUT2D eigenvalue weighted by Gasteiger charge is 2.07. The Labute approximate surface area is 162 Å². The summed E-state index contributed by atoms with van der Waals surface area (Å²) in [4.78, 5) is 8.18. The van der Waals surface area contributed by atoms with E-state index in [4.69, 9.17) is 4.74 Å². The summed E-state index contributed by atoms with van der Waals surface area (Å²) in [6, 6.07) is 20.0. The summed E-state index contributed by atoms with van der Waals surface area (Å²) >= 11 is 0. The van der Waals surface area contributed by atoms with Crippen LogP contribution in [0.3, 0.4) is 0 Å². The molecule has 4 rings (SSSR count). The third-order valence-corrected chi connectivity index (χ3v) is 4.23. The molecule has 0 spiro atoms. The van der Waals surface area contributed by atoms with E-state index < -0.39 is 5.82 Å². The van der Waals surface area contributed by atoms with Crippen LogP contribution in [0.25, 0.3) is 11.1 Å².